The second-order valence-electron chi connectivity index (χ2n) is 7.35. The summed E-state index contributed by atoms with van der Waals surface area (Å²) in [5.41, 5.74) is -0.790. The molecule has 0 amide bonds. The summed E-state index contributed by atoms with van der Waals surface area (Å²) in [6, 6.07) is 4.59. The predicted octanol–water partition coefficient (Wildman–Crippen LogP) is 3.01. The quantitative estimate of drug-likeness (QED) is 0.183. The van der Waals surface area contributed by atoms with Crippen LogP contribution in [0, 0.1) is 5.92 Å². The average Bonchev–Trinajstić information content (AvgIpc) is 3.21. The van der Waals surface area contributed by atoms with Crippen molar-refractivity contribution in [3.8, 4) is 5.75 Å². The molecule has 2 unspecified atom stereocenters. The van der Waals surface area contributed by atoms with Gasteiger partial charge in [0.2, 0.25) is 0 Å². The number of methoxy groups -OCH3 is 1. The Labute approximate surface area is 204 Å². The maximum Gasteiger partial charge on any atom is 0.416 e. The molecular weight excluding hydrogens is 542 g/mol. The molecule has 1 saturated heterocycles. The van der Waals surface area contributed by atoms with E-state index < -0.39 is 17.8 Å². The molecule has 0 aliphatic carbocycles. The van der Waals surface area contributed by atoms with E-state index in [-0.39, 0.29) is 42.9 Å². The Kier molecular flexibility index (Phi) is 13.2. The summed E-state index contributed by atoms with van der Waals surface area (Å²) in [7, 11) is 1.64. The molecule has 184 valence electrons. The van der Waals surface area contributed by atoms with E-state index in [4.69, 9.17) is 14.2 Å². The molecule has 7 nitrogen and oxygen atoms in total. The molecule has 0 spiro atoms. The second-order valence-corrected chi connectivity index (χ2v) is 7.35. The Morgan fingerprint density at radius 2 is 2.12 bits per heavy atom. The summed E-state index contributed by atoms with van der Waals surface area (Å²) in [6.07, 6.45) is -4.40. The van der Waals surface area contributed by atoms with Crippen LogP contribution in [0.4, 0.5) is 13.2 Å². The molecule has 0 saturated carbocycles. The Bertz CT molecular complexity index is 694. The number of nitrogens with one attached hydrogen (secondary N) is 1. The highest BCUT2D eigenvalue weighted by Crippen LogP contribution is 2.31. The summed E-state index contributed by atoms with van der Waals surface area (Å²) in [6.45, 7) is 6.00. The highest BCUT2D eigenvalue weighted by molar-refractivity contribution is 14.0. The predicted molar refractivity (Wildman–Crippen MR) is 127 cm³/mol. The molecule has 0 radical (unpaired) electrons. The molecule has 0 bridgehead atoms. The number of likely N-dealkylation sites (tertiary alicyclic amines) is 1. The molecule has 1 fully saturated rings. The minimum Gasteiger partial charge on any atom is -0.491 e. The summed E-state index contributed by atoms with van der Waals surface area (Å²) < 4.78 is 54.2. The van der Waals surface area contributed by atoms with Gasteiger partial charge in [-0.25, -0.2) is 0 Å². The smallest absolute Gasteiger partial charge is 0.416 e. The molecule has 32 heavy (non-hydrogen) atoms. The first kappa shape index (κ1) is 28.7. The van der Waals surface area contributed by atoms with Crippen molar-refractivity contribution in [2.24, 2.45) is 10.9 Å². The van der Waals surface area contributed by atoms with Crippen LogP contribution >= 0.6 is 24.0 Å². The van der Waals surface area contributed by atoms with Crippen LogP contribution in [0.5, 0.6) is 5.75 Å². The Morgan fingerprint density at radius 3 is 2.81 bits per heavy atom. The van der Waals surface area contributed by atoms with Gasteiger partial charge in [-0.2, -0.15) is 13.2 Å². The zero-order chi connectivity index (χ0) is 22.7. The van der Waals surface area contributed by atoms with E-state index in [2.05, 4.69) is 15.2 Å². The average molecular weight is 575 g/mol. The topological polar surface area (TPSA) is 75.6 Å². The van der Waals surface area contributed by atoms with Gasteiger partial charge in [0.1, 0.15) is 18.5 Å². The fraction of sp³-hybridized carbons (Fsp3) is 0.667. The van der Waals surface area contributed by atoms with E-state index in [1.165, 1.54) is 12.1 Å². The van der Waals surface area contributed by atoms with Crippen LogP contribution in [-0.4, -0.2) is 81.8 Å². The number of hydrogen-bond acceptors (Lipinski definition) is 5. The number of aliphatic imine (C=N–C) groups is 1. The Morgan fingerprint density at radius 1 is 1.34 bits per heavy atom. The third kappa shape index (κ3) is 10.1. The van der Waals surface area contributed by atoms with Crippen LogP contribution in [-0.2, 0) is 15.7 Å². The lowest BCUT2D eigenvalue weighted by Gasteiger charge is -2.22. The molecule has 1 aromatic rings. The summed E-state index contributed by atoms with van der Waals surface area (Å²) in [5, 5.41) is 13.4. The lowest BCUT2D eigenvalue weighted by molar-refractivity contribution is -0.137. The van der Waals surface area contributed by atoms with E-state index in [1.807, 2.05) is 6.92 Å². The van der Waals surface area contributed by atoms with Gasteiger partial charge in [0.05, 0.1) is 31.9 Å². The van der Waals surface area contributed by atoms with Crippen molar-refractivity contribution >= 4 is 29.9 Å². The number of halogens is 4. The number of ether oxygens (including phenoxy) is 3. The third-order valence-electron chi connectivity index (χ3n) is 4.76. The molecule has 2 rings (SSSR count). The lowest BCUT2D eigenvalue weighted by Crippen LogP contribution is -2.41. The molecular formula is C21H33F3IN3O4. The van der Waals surface area contributed by atoms with Gasteiger partial charge in [-0.15, -0.1) is 24.0 Å². The standard InChI is InChI=1S/C21H32F3N3O4.HI/c1-3-25-20(27-8-7-16(13-27)14-30-10-9-29-2)26-12-18(28)15-31-19-6-4-5-17(11-19)21(22,23)24;/h4-6,11,16,18,28H,3,7-10,12-15H2,1-2H3,(H,25,26);1H. The van der Waals surface area contributed by atoms with E-state index in [9.17, 15) is 18.3 Å². The van der Waals surface area contributed by atoms with Gasteiger partial charge in [-0.1, -0.05) is 6.07 Å². The van der Waals surface area contributed by atoms with Crippen LogP contribution in [0.15, 0.2) is 29.3 Å². The van der Waals surface area contributed by atoms with E-state index >= 15 is 0 Å². The zero-order valence-electron chi connectivity index (χ0n) is 18.4. The maximum absolute atomic E-state index is 12.8. The van der Waals surface area contributed by atoms with Crippen LogP contribution in [0.2, 0.25) is 0 Å². The largest absolute Gasteiger partial charge is 0.491 e. The van der Waals surface area contributed by atoms with Crippen LogP contribution in [0.25, 0.3) is 0 Å². The zero-order valence-corrected chi connectivity index (χ0v) is 20.8. The second kappa shape index (κ2) is 14.8. The number of alkyl halides is 3. The van der Waals surface area contributed by atoms with Gasteiger partial charge in [-0.3, -0.25) is 4.99 Å². The Hall–Kier alpha value is -1.31. The molecule has 1 aliphatic heterocycles. The molecule has 11 heteroatoms. The van der Waals surface area contributed by atoms with Crippen molar-refractivity contribution in [3.63, 3.8) is 0 Å². The monoisotopic (exact) mass is 575 g/mol. The van der Waals surface area contributed by atoms with E-state index in [1.54, 1.807) is 7.11 Å². The van der Waals surface area contributed by atoms with Gasteiger partial charge in [-0.05, 0) is 31.5 Å². The van der Waals surface area contributed by atoms with Crippen LogP contribution in [0.1, 0.15) is 18.9 Å². The van der Waals surface area contributed by atoms with Crippen LogP contribution < -0.4 is 10.1 Å². The van der Waals surface area contributed by atoms with Gasteiger partial charge in [0.25, 0.3) is 0 Å². The highest BCUT2D eigenvalue weighted by atomic mass is 127. The van der Waals surface area contributed by atoms with Gasteiger partial charge >= 0.3 is 6.18 Å². The number of benzene rings is 1. The summed E-state index contributed by atoms with van der Waals surface area (Å²) >= 11 is 0. The first-order chi connectivity index (χ1) is 14.8. The number of rotatable bonds is 11. The van der Waals surface area contributed by atoms with Gasteiger partial charge < -0.3 is 29.5 Å². The van der Waals surface area contributed by atoms with Crippen molar-refractivity contribution < 1.29 is 32.5 Å². The number of nitrogens with zero attached hydrogens (tertiary/aromatic N) is 2. The fourth-order valence-electron chi connectivity index (χ4n) is 3.18. The summed E-state index contributed by atoms with van der Waals surface area (Å²) in [4.78, 5) is 6.59. The van der Waals surface area contributed by atoms with Crippen LogP contribution in [0.3, 0.4) is 0 Å². The number of aliphatic hydroxyl groups is 1. The SMILES string of the molecule is CCNC(=NCC(O)COc1cccc(C(F)(F)F)c1)N1CCC(COCCOC)C1.I. The third-order valence-corrected chi connectivity index (χ3v) is 4.76. The molecule has 2 N–H and O–H groups in total. The molecule has 1 aliphatic rings. The molecule has 1 aromatic carbocycles. The fourth-order valence-corrected chi connectivity index (χ4v) is 3.18. The highest BCUT2D eigenvalue weighted by Gasteiger charge is 2.30. The van der Waals surface area contributed by atoms with E-state index in [0.29, 0.717) is 38.2 Å². The molecule has 0 aromatic heterocycles. The van der Waals surface area contributed by atoms with Crippen molar-refractivity contribution in [1.29, 1.82) is 0 Å². The van der Waals surface area contributed by atoms with Gasteiger partial charge in [0.15, 0.2) is 5.96 Å². The summed E-state index contributed by atoms with van der Waals surface area (Å²) in [5.74, 6) is 1.15. The van der Waals surface area contributed by atoms with Crippen molar-refractivity contribution in [1.82, 2.24) is 10.2 Å². The molecule has 2 atom stereocenters. The number of guanidine groups is 1. The minimum absolute atomic E-state index is 0. The normalized spacial score (nSPS) is 17.8. The lowest BCUT2D eigenvalue weighted by atomic mass is 10.1. The van der Waals surface area contributed by atoms with Crippen molar-refractivity contribution in [2.75, 3.05) is 59.7 Å². The maximum atomic E-state index is 12.8. The van der Waals surface area contributed by atoms with Crippen molar-refractivity contribution in [3.05, 3.63) is 29.8 Å². The number of aliphatic hydroxyl groups excluding tert-OH is 1. The first-order valence-electron chi connectivity index (χ1n) is 10.4. The number of hydrogen-bond donors (Lipinski definition) is 2. The van der Waals surface area contributed by atoms with Crippen molar-refractivity contribution in [2.45, 2.75) is 25.6 Å². The first-order valence-corrected chi connectivity index (χ1v) is 10.4. The minimum atomic E-state index is -4.44. The molecule has 1 heterocycles. The Balaban J connectivity index is 0.00000512. The van der Waals surface area contributed by atoms with Gasteiger partial charge in [0, 0.05) is 32.7 Å². The van der Waals surface area contributed by atoms with E-state index in [0.717, 1.165) is 31.6 Å².